The van der Waals surface area contributed by atoms with Crippen molar-refractivity contribution < 1.29 is 36.1 Å². The molecule has 0 unspecified atom stereocenters. The van der Waals surface area contributed by atoms with Gasteiger partial charge in [0.25, 0.3) is 0 Å². The van der Waals surface area contributed by atoms with E-state index >= 15 is 0 Å². The summed E-state index contributed by atoms with van der Waals surface area (Å²) < 4.78 is 75.0. The van der Waals surface area contributed by atoms with Crippen molar-refractivity contribution in [2.75, 3.05) is 5.75 Å². The summed E-state index contributed by atoms with van der Waals surface area (Å²) in [6, 6.07) is 0.831. The van der Waals surface area contributed by atoms with Crippen LogP contribution in [0, 0.1) is 6.92 Å². The van der Waals surface area contributed by atoms with Crippen molar-refractivity contribution in [2.45, 2.75) is 82.7 Å². The molecule has 14 heteroatoms. The van der Waals surface area contributed by atoms with E-state index < -0.39 is 39.0 Å². The Hall–Kier alpha value is -2.71. The number of aliphatic hydroxyl groups is 1. The predicted octanol–water partition coefficient (Wildman–Crippen LogP) is 2.92. The number of amides is 1. The molecule has 2 aromatic heterocycles. The lowest BCUT2D eigenvalue weighted by molar-refractivity contribution is -0.132. The van der Waals surface area contributed by atoms with Crippen LogP contribution in [0.1, 0.15) is 58.8 Å². The number of nitrogens with zero attached hydrogens (tertiary/aromatic N) is 4. The van der Waals surface area contributed by atoms with E-state index in [2.05, 4.69) is 9.97 Å². The van der Waals surface area contributed by atoms with E-state index in [1.54, 1.807) is 41.7 Å². The predicted molar refractivity (Wildman–Crippen MR) is 141 cm³/mol. The lowest BCUT2D eigenvalue weighted by atomic mass is 9.83. The topological polar surface area (TPSA) is 115 Å². The number of carbonyl (C=O) groups is 1. The van der Waals surface area contributed by atoms with E-state index in [0.717, 1.165) is 6.08 Å². The minimum atomic E-state index is -4.81. The van der Waals surface area contributed by atoms with E-state index in [1.165, 1.54) is 31.2 Å². The van der Waals surface area contributed by atoms with Gasteiger partial charge >= 0.3 is 13.7 Å². The maximum absolute atomic E-state index is 13.9. The molecule has 1 aliphatic rings. The molecule has 0 saturated heterocycles. The van der Waals surface area contributed by atoms with Gasteiger partial charge in [0, 0.05) is 25.0 Å². The van der Waals surface area contributed by atoms with Crippen molar-refractivity contribution in [2.24, 2.45) is 7.05 Å². The van der Waals surface area contributed by atoms with Gasteiger partial charge in [-0.05, 0) is 65.1 Å². The van der Waals surface area contributed by atoms with E-state index in [-0.39, 0.29) is 34.3 Å². The zero-order valence-electron chi connectivity index (χ0n) is 23.0. The number of sulfone groups is 1. The minimum Gasteiger partial charge on any atom is -0.427 e. The third kappa shape index (κ3) is 6.55. The molecule has 39 heavy (non-hydrogen) atoms. The summed E-state index contributed by atoms with van der Waals surface area (Å²) in [7, 11) is -1.02. The van der Waals surface area contributed by atoms with Crippen LogP contribution in [-0.2, 0) is 26.3 Å². The lowest BCUT2D eigenvalue weighted by Gasteiger charge is -2.37. The number of alkyl halides is 3. The molecule has 1 N–H and O–H groups in total. The van der Waals surface area contributed by atoms with Gasteiger partial charge in [-0.25, -0.2) is 13.4 Å². The van der Waals surface area contributed by atoms with E-state index in [0.29, 0.717) is 28.9 Å². The van der Waals surface area contributed by atoms with Crippen LogP contribution in [0.5, 0.6) is 0 Å². The van der Waals surface area contributed by atoms with Crippen LogP contribution >= 0.6 is 0 Å². The van der Waals surface area contributed by atoms with Crippen LogP contribution in [0.25, 0.3) is 17.6 Å². The van der Waals surface area contributed by atoms with Gasteiger partial charge in [-0.2, -0.15) is 13.2 Å². The SMILES string of the molecule is CCS(=O)(=O)c1cc([B]OC(C)(C)C(C)(C)O)cnc1-c1nc(/C=C(\N(C=O)C2CC2)C(F)(F)F)c(C)n1C. The second-order valence-electron chi connectivity index (χ2n) is 10.6. The van der Waals surface area contributed by atoms with Crippen LogP contribution < -0.4 is 5.46 Å². The van der Waals surface area contributed by atoms with Crippen molar-refractivity contribution in [3.8, 4) is 11.5 Å². The number of aromatic nitrogens is 3. The Bertz CT molecular complexity index is 1380. The number of carbonyl (C=O) groups excluding carboxylic acids is 1. The number of rotatable bonds is 11. The summed E-state index contributed by atoms with van der Waals surface area (Å²) in [6.07, 6.45) is -1.54. The molecule has 1 saturated carbocycles. The molecule has 0 atom stereocenters. The monoisotopic (exact) mass is 569 g/mol. The number of allylic oxidation sites excluding steroid dienone is 1. The van der Waals surface area contributed by atoms with Gasteiger partial charge in [-0.1, -0.05) is 6.92 Å². The average Bonchev–Trinajstić information content (AvgIpc) is 3.63. The summed E-state index contributed by atoms with van der Waals surface area (Å²) in [5, 5.41) is 10.3. The second-order valence-corrected chi connectivity index (χ2v) is 12.8. The minimum absolute atomic E-state index is 0.0380. The summed E-state index contributed by atoms with van der Waals surface area (Å²) in [4.78, 5) is 20.6. The molecule has 2 heterocycles. The first-order valence-corrected chi connectivity index (χ1v) is 14.0. The van der Waals surface area contributed by atoms with Gasteiger partial charge in [0.2, 0.25) is 6.41 Å². The zero-order chi connectivity index (χ0) is 29.6. The first-order valence-electron chi connectivity index (χ1n) is 12.4. The summed E-state index contributed by atoms with van der Waals surface area (Å²) in [5.41, 5.74) is -2.85. The molecule has 213 valence electrons. The third-order valence-corrected chi connectivity index (χ3v) is 8.82. The fourth-order valence-electron chi connectivity index (χ4n) is 3.52. The van der Waals surface area contributed by atoms with Crippen molar-refractivity contribution in [1.82, 2.24) is 19.4 Å². The molecule has 2 aromatic rings. The first-order chi connectivity index (χ1) is 17.8. The molecular weight excluding hydrogens is 536 g/mol. The molecule has 3 rings (SSSR count). The number of hydrogen-bond acceptors (Lipinski definition) is 7. The highest BCUT2D eigenvalue weighted by Gasteiger charge is 2.43. The van der Waals surface area contributed by atoms with Gasteiger partial charge < -0.3 is 19.2 Å². The van der Waals surface area contributed by atoms with E-state index in [9.17, 15) is 31.5 Å². The zero-order valence-corrected chi connectivity index (χ0v) is 23.8. The Kier molecular flexibility index (Phi) is 8.46. The summed E-state index contributed by atoms with van der Waals surface area (Å²) in [5.74, 6) is -0.216. The number of imidazole rings is 1. The van der Waals surface area contributed by atoms with E-state index in [4.69, 9.17) is 4.65 Å². The quantitative estimate of drug-likeness (QED) is 0.327. The van der Waals surface area contributed by atoms with Gasteiger partial charge in [0.15, 0.2) is 15.7 Å². The normalized spacial score (nSPS) is 15.4. The van der Waals surface area contributed by atoms with Crippen molar-refractivity contribution in [1.29, 1.82) is 0 Å². The highest BCUT2D eigenvalue weighted by atomic mass is 32.2. The van der Waals surface area contributed by atoms with Crippen molar-refractivity contribution in [3.05, 3.63) is 29.3 Å². The molecule has 1 aliphatic carbocycles. The maximum Gasteiger partial charge on any atom is 0.431 e. The molecule has 0 bridgehead atoms. The molecule has 1 fully saturated rings. The molecule has 0 aliphatic heterocycles. The van der Waals surface area contributed by atoms with Crippen LogP contribution in [0.15, 0.2) is 22.9 Å². The summed E-state index contributed by atoms with van der Waals surface area (Å²) in [6.45, 7) is 9.50. The van der Waals surface area contributed by atoms with Gasteiger partial charge in [0.1, 0.15) is 11.4 Å². The Balaban J connectivity index is 2.11. The standard InChI is InChI=1S/C25H33BF3N4O5S/c1-8-39(36,37)19-11-16(26-38-24(5,6)23(3,4)35)13-30-21(19)22-31-18(15(2)32(22)7)12-20(25(27,28)29)33(14-34)17-9-10-17/h11-14,17,35H,8-10H2,1-7H3/b20-12-. The van der Waals surface area contributed by atoms with E-state index in [1.807, 2.05) is 0 Å². The van der Waals surface area contributed by atoms with Gasteiger partial charge in [-0.15, -0.1) is 0 Å². The fourth-order valence-corrected chi connectivity index (χ4v) is 4.58. The van der Waals surface area contributed by atoms with Crippen LogP contribution in [0.3, 0.4) is 0 Å². The lowest BCUT2D eigenvalue weighted by Crippen LogP contribution is -2.49. The maximum atomic E-state index is 13.9. The third-order valence-electron chi connectivity index (χ3n) is 7.08. The molecule has 1 amide bonds. The number of halogens is 3. The number of hydrogen-bond donors (Lipinski definition) is 1. The first kappa shape index (κ1) is 30.8. The molecular formula is C25H33BF3N4O5S. The van der Waals surface area contributed by atoms with Gasteiger partial charge in [-0.3, -0.25) is 9.78 Å². The molecule has 9 nitrogen and oxygen atoms in total. The Morgan fingerprint density at radius 3 is 2.38 bits per heavy atom. The van der Waals surface area contributed by atoms with Gasteiger partial charge in [0.05, 0.1) is 27.5 Å². The van der Waals surface area contributed by atoms with Crippen LogP contribution in [0.2, 0.25) is 0 Å². The molecule has 0 aromatic carbocycles. The Morgan fingerprint density at radius 1 is 1.28 bits per heavy atom. The fraction of sp³-hybridized carbons (Fsp3) is 0.560. The van der Waals surface area contributed by atoms with Crippen LogP contribution in [-0.4, -0.2) is 76.0 Å². The Labute approximate surface area is 227 Å². The summed E-state index contributed by atoms with van der Waals surface area (Å²) >= 11 is 0. The van der Waals surface area contributed by atoms with Crippen molar-refractivity contribution >= 4 is 35.3 Å². The van der Waals surface area contributed by atoms with Crippen LogP contribution in [0.4, 0.5) is 13.2 Å². The smallest absolute Gasteiger partial charge is 0.427 e. The molecule has 1 radical (unpaired) electrons. The highest BCUT2D eigenvalue weighted by Crippen LogP contribution is 2.38. The van der Waals surface area contributed by atoms with Crippen molar-refractivity contribution in [3.63, 3.8) is 0 Å². The number of pyridine rings is 1. The highest BCUT2D eigenvalue weighted by molar-refractivity contribution is 7.91. The largest absolute Gasteiger partial charge is 0.431 e. The molecule has 0 spiro atoms. The Morgan fingerprint density at radius 2 is 1.90 bits per heavy atom. The second kappa shape index (κ2) is 10.7. The average molecular weight is 569 g/mol.